The molecule has 0 saturated heterocycles. The van der Waals surface area contributed by atoms with Crippen LogP contribution in [0.1, 0.15) is 15.9 Å². The number of benzene rings is 1. The van der Waals surface area contributed by atoms with Crippen LogP contribution in [0.3, 0.4) is 0 Å². The smallest absolute Gasteiger partial charge is 0.257 e. The van der Waals surface area contributed by atoms with Gasteiger partial charge >= 0.3 is 0 Å². The molecule has 3 rings (SSSR count). The summed E-state index contributed by atoms with van der Waals surface area (Å²) < 4.78 is 13.3. The van der Waals surface area contributed by atoms with Gasteiger partial charge in [-0.15, -0.1) is 0 Å². The van der Waals surface area contributed by atoms with Gasteiger partial charge in [0.2, 0.25) is 5.43 Å². The minimum absolute atomic E-state index is 0.0489. The molecule has 3 aromatic rings. The molecule has 1 aromatic carbocycles. The lowest BCUT2D eigenvalue weighted by molar-refractivity contribution is 0.0949. The van der Waals surface area contributed by atoms with Crippen LogP contribution in [0.2, 0.25) is 0 Å². The van der Waals surface area contributed by atoms with E-state index in [1.54, 1.807) is 24.5 Å². The lowest BCUT2D eigenvalue weighted by Gasteiger charge is -2.06. The molecule has 6 heteroatoms. The van der Waals surface area contributed by atoms with Gasteiger partial charge in [0.25, 0.3) is 5.91 Å². The Morgan fingerprint density at radius 1 is 1.23 bits per heavy atom. The molecule has 0 fully saturated rings. The maximum absolute atomic E-state index is 13.3. The van der Waals surface area contributed by atoms with E-state index in [0.717, 1.165) is 11.6 Å². The van der Waals surface area contributed by atoms with Crippen LogP contribution < -0.4 is 10.7 Å². The molecule has 5 nitrogen and oxygen atoms in total. The summed E-state index contributed by atoms with van der Waals surface area (Å²) in [5, 5.41) is 2.80. The van der Waals surface area contributed by atoms with E-state index in [9.17, 15) is 14.0 Å². The molecule has 110 valence electrons. The largest absolute Gasteiger partial charge is 0.360 e. The molecule has 0 unspecified atom stereocenters. The van der Waals surface area contributed by atoms with E-state index in [0.29, 0.717) is 5.52 Å². The number of hydrogen-bond donors (Lipinski definition) is 2. The second-order valence-corrected chi connectivity index (χ2v) is 4.76. The number of hydrogen-bond acceptors (Lipinski definition) is 3. The maximum atomic E-state index is 13.3. The van der Waals surface area contributed by atoms with Crippen LogP contribution in [0.15, 0.2) is 53.7 Å². The summed E-state index contributed by atoms with van der Waals surface area (Å²) in [5.41, 5.74) is 0.802. The first kappa shape index (κ1) is 13.9. The van der Waals surface area contributed by atoms with Gasteiger partial charge in [0.1, 0.15) is 11.4 Å². The number of nitrogens with one attached hydrogen (secondary N) is 2. The van der Waals surface area contributed by atoms with Crippen LogP contribution in [0.5, 0.6) is 0 Å². The molecule has 0 atom stereocenters. The van der Waals surface area contributed by atoms with Gasteiger partial charge < -0.3 is 10.3 Å². The predicted molar refractivity (Wildman–Crippen MR) is 79.9 cm³/mol. The summed E-state index contributed by atoms with van der Waals surface area (Å²) in [4.78, 5) is 31.1. The van der Waals surface area contributed by atoms with Crippen molar-refractivity contribution in [1.82, 2.24) is 15.3 Å². The van der Waals surface area contributed by atoms with Crippen molar-refractivity contribution in [1.29, 1.82) is 0 Å². The molecule has 0 aliphatic carbocycles. The first-order chi connectivity index (χ1) is 10.6. The van der Waals surface area contributed by atoms with Crippen LogP contribution >= 0.6 is 0 Å². The van der Waals surface area contributed by atoms with Crippen LogP contribution in [0.25, 0.3) is 10.9 Å². The lowest BCUT2D eigenvalue weighted by Crippen LogP contribution is -2.28. The molecule has 0 aliphatic heterocycles. The molecule has 2 N–H and O–H groups in total. The zero-order valence-corrected chi connectivity index (χ0v) is 11.5. The third kappa shape index (κ3) is 2.71. The molecule has 0 radical (unpaired) electrons. The van der Waals surface area contributed by atoms with E-state index in [1.807, 2.05) is 0 Å². The Morgan fingerprint density at radius 2 is 2.00 bits per heavy atom. The lowest BCUT2D eigenvalue weighted by atomic mass is 10.1. The van der Waals surface area contributed by atoms with Crippen molar-refractivity contribution in [2.24, 2.45) is 0 Å². The quantitative estimate of drug-likeness (QED) is 0.776. The zero-order chi connectivity index (χ0) is 15.5. The van der Waals surface area contributed by atoms with E-state index in [4.69, 9.17) is 0 Å². The van der Waals surface area contributed by atoms with E-state index in [2.05, 4.69) is 15.3 Å². The van der Waals surface area contributed by atoms with Gasteiger partial charge in [-0.25, -0.2) is 4.39 Å². The topological polar surface area (TPSA) is 74.8 Å². The van der Waals surface area contributed by atoms with Gasteiger partial charge in [-0.2, -0.15) is 0 Å². The molecule has 0 saturated carbocycles. The summed E-state index contributed by atoms with van der Waals surface area (Å²) in [6, 6.07) is 7.36. The number of fused-ring (bicyclic) bond motifs is 1. The minimum Gasteiger partial charge on any atom is -0.360 e. The summed E-state index contributed by atoms with van der Waals surface area (Å²) in [7, 11) is 0. The Bertz CT molecular complexity index is 891. The highest BCUT2D eigenvalue weighted by Gasteiger charge is 2.13. The molecule has 22 heavy (non-hydrogen) atoms. The van der Waals surface area contributed by atoms with Gasteiger partial charge in [0.15, 0.2) is 0 Å². The highest BCUT2D eigenvalue weighted by Crippen LogP contribution is 2.10. The van der Waals surface area contributed by atoms with E-state index < -0.39 is 17.2 Å². The monoisotopic (exact) mass is 297 g/mol. The van der Waals surface area contributed by atoms with E-state index in [1.165, 1.54) is 18.3 Å². The fourth-order valence-electron chi connectivity index (χ4n) is 2.14. The molecule has 1 amide bonds. The number of H-pyrrole nitrogens is 1. The van der Waals surface area contributed by atoms with Crippen molar-refractivity contribution in [3.63, 3.8) is 0 Å². The van der Waals surface area contributed by atoms with Crippen molar-refractivity contribution in [2.75, 3.05) is 0 Å². The Hall–Kier alpha value is -3.02. The Labute approximate surface area is 124 Å². The van der Waals surface area contributed by atoms with Crippen LogP contribution in [-0.2, 0) is 6.54 Å². The van der Waals surface area contributed by atoms with Crippen molar-refractivity contribution in [3.05, 3.63) is 76.1 Å². The minimum atomic E-state index is -0.521. The third-order valence-corrected chi connectivity index (χ3v) is 3.29. The summed E-state index contributed by atoms with van der Waals surface area (Å²) in [5.74, 6) is -1.03. The number of halogens is 1. The second kappa shape index (κ2) is 5.77. The Kier molecular flexibility index (Phi) is 3.65. The fraction of sp³-hybridized carbons (Fsp3) is 0.0625. The molecule has 0 bridgehead atoms. The van der Waals surface area contributed by atoms with Gasteiger partial charge in [-0.1, -0.05) is 0 Å². The van der Waals surface area contributed by atoms with Gasteiger partial charge in [-0.05, 0) is 35.9 Å². The summed E-state index contributed by atoms with van der Waals surface area (Å²) >= 11 is 0. The second-order valence-electron chi connectivity index (χ2n) is 4.76. The molecular weight excluding hydrogens is 285 g/mol. The number of aromatic nitrogens is 2. The summed E-state index contributed by atoms with van der Waals surface area (Å²) in [6.07, 6.45) is 4.57. The molecule has 0 aliphatic rings. The average molecular weight is 297 g/mol. The number of carbonyl (C=O) groups excluding carboxylic acids is 1. The highest BCUT2D eigenvalue weighted by molar-refractivity contribution is 5.97. The molecule has 2 aromatic heterocycles. The molecular formula is C16H12FN3O2. The third-order valence-electron chi connectivity index (χ3n) is 3.29. The number of carbonyl (C=O) groups is 1. The normalized spacial score (nSPS) is 10.6. The SMILES string of the molecule is O=C(NCc1ccncc1)c1c[nH]c2ccc(F)cc2c1=O. The van der Waals surface area contributed by atoms with Crippen molar-refractivity contribution in [2.45, 2.75) is 6.54 Å². The first-order valence-electron chi connectivity index (χ1n) is 6.63. The maximum Gasteiger partial charge on any atom is 0.257 e. The zero-order valence-electron chi connectivity index (χ0n) is 11.5. The Morgan fingerprint density at radius 3 is 2.77 bits per heavy atom. The van der Waals surface area contributed by atoms with Gasteiger partial charge in [0, 0.05) is 36.0 Å². The van der Waals surface area contributed by atoms with E-state index in [-0.39, 0.29) is 17.5 Å². The van der Waals surface area contributed by atoms with Crippen molar-refractivity contribution < 1.29 is 9.18 Å². The van der Waals surface area contributed by atoms with Gasteiger partial charge in [0.05, 0.1) is 0 Å². The average Bonchev–Trinajstić information content (AvgIpc) is 2.54. The number of aromatic amines is 1. The van der Waals surface area contributed by atoms with Crippen LogP contribution in [-0.4, -0.2) is 15.9 Å². The van der Waals surface area contributed by atoms with Crippen LogP contribution in [0, 0.1) is 5.82 Å². The molecule has 2 heterocycles. The predicted octanol–water partition coefficient (Wildman–Crippen LogP) is 1.99. The fourth-order valence-corrected chi connectivity index (χ4v) is 2.14. The number of amides is 1. The summed E-state index contributed by atoms with van der Waals surface area (Å²) in [6.45, 7) is 0.280. The number of rotatable bonds is 3. The number of nitrogens with zero attached hydrogens (tertiary/aromatic N) is 1. The molecule has 0 spiro atoms. The van der Waals surface area contributed by atoms with Gasteiger partial charge in [-0.3, -0.25) is 14.6 Å². The van der Waals surface area contributed by atoms with Crippen molar-refractivity contribution in [3.8, 4) is 0 Å². The number of pyridine rings is 2. The first-order valence-corrected chi connectivity index (χ1v) is 6.63. The standard InChI is InChI=1S/C16H12FN3O2/c17-11-1-2-14-12(7-11)15(21)13(9-19-14)16(22)20-8-10-3-5-18-6-4-10/h1-7,9H,8H2,(H,19,21)(H,20,22). The van der Waals surface area contributed by atoms with Crippen molar-refractivity contribution >= 4 is 16.8 Å². The van der Waals surface area contributed by atoms with Crippen LogP contribution in [0.4, 0.5) is 4.39 Å². The van der Waals surface area contributed by atoms with E-state index >= 15 is 0 Å². The highest BCUT2D eigenvalue weighted by atomic mass is 19.1. The Balaban J connectivity index is 1.88.